The minimum atomic E-state index is -0.470. The molecule has 0 amide bonds. The Morgan fingerprint density at radius 2 is 0.628 bits per heavy atom. The van der Waals surface area contributed by atoms with E-state index < -0.39 is 5.41 Å². The summed E-state index contributed by atoms with van der Waals surface area (Å²) in [6.45, 7) is -0.0878. The number of nitrogens with zero attached hydrogens (tertiary/aromatic N) is 2. The molecule has 13 aromatic carbocycles. The number of rotatable bonds is 5. The van der Waals surface area contributed by atoms with Crippen LogP contribution in [0, 0.1) is 0 Å². The van der Waals surface area contributed by atoms with Gasteiger partial charge in [0.25, 0.3) is 6.71 Å². The zero-order valence-corrected chi connectivity index (χ0v) is 42.6. The molecule has 4 aliphatic rings. The van der Waals surface area contributed by atoms with Gasteiger partial charge in [-0.05, 0) is 170 Å². The van der Waals surface area contributed by atoms with Crippen molar-refractivity contribution >= 4 is 78.8 Å². The van der Waals surface area contributed by atoms with Gasteiger partial charge in [-0.15, -0.1) is 0 Å². The molecule has 2 aliphatic carbocycles. The maximum atomic E-state index is 2.58. The third-order valence-electron chi connectivity index (χ3n) is 17.7. The molecule has 0 radical (unpaired) electrons. The van der Waals surface area contributed by atoms with E-state index in [1.54, 1.807) is 0 Å². The SMILES string of the molecule is c1ccc(-c2ccc(N3c4cc(-c5ccc6c(c5)C5(c7ccccc7-c7ccccc75)c5ccccc5-6)cc5c4B(c4c3ccc3ccccc43)c3c(ccc4ccccc34)N5c3ccc(-c4ccccc4)cc3)cc2)cc1. The van der Waals surface area contributed by atoms with Crippen molar-refractivity contribution in [2.75, 3.05) is 9.80 Å². The van der Waals surface area contributed by atoms with Crippen LogP contribution in [0.4, 0.5) is 34.1 Å². The molecule has 0 atom stereocenters. The highest BCUT2D eigenvalue weighted by Crippen LogP contribution is 2.63. The first-order valence-electron chi connectivity index (χ1n) is 27.3. The molecule has 0 bridgehead atoms. The van der Waals surface area contributed by atoms with Crippen molar-refractivity contribution in [2.24, 2.45) is 0 Å². The fourth-order valence-corrected chi connectivity index (χ4v) is 14.4. The first-order chi connectivity index (χ1) is 38.7. The molecule has 0 N–H and O–H groups in total. The van der Waals surface area contributed by atoms with E-state index >= 15 is 0 Å². The highest BCUT2D eigenvalue weighted by molar-refractivity contribution is 7.03. The van der Waals surface area contributed by atoms with Gasteiger partial charge in [0.15, 0.2) is 0 Å². The Balaban J connectivity index is 0.974. The molecule has 0 saturated carbocycles. The average molecular weight is 987 g/mol. The molecule has 17 rings (SSSR count). The van der Waals surface area contributed by atoms with E-state index in [0.29, 0.717) is 0 Å². The summed E-state index contributed by atoms with van der Waals surface area (Å²) in [5.41, 5.74) is 28.2. The topological polar surface area (TPSA) is 6.48 Å². The first-order valence-corrected chi connectivity index (χ1v) is 27.3. The maximum absolute atomic E-state index is 2.58. The summed E-state index contributed by atoms with van der Waals surface area (Å²) >= 11 is 0. The molecule has 3 heteroatoms. The standard InChI is InChI=1S/C75H47BN2/c1-3-17-48(18-4-1)50-31-38-56(39-32-50)77-68-43-36-52-21-7-9-23-58(52)72(68)76-73-59-24-10-8-22-53(59)37-44-69(73)78(57-40-33-51(34-41-57)49-19-5-2-6-20-49)71-47-55(46-70(77)74(71)76)54-35-42-63-62-27-13-16-30-66(62)75(67(63)45-54)64-28-14-11-25-60(64)61-26-12-15-29-65(61)75/h1-47H. The van der Waals surface area contributed by atoms with Crippen LogP contribution in [0.15, 0.2) is 285 Å². The van der Waals surface area contributed by atoms with Gasteiger partial charge in [-0.25, -0.2) is 0 Å². The van der Waals surface area contributed by atoms with Crippen molar-refractivity contribution in [1.82, 2.24) is 0 Å². The molecule has 0 fully saturated rings. The Morgan fingerprint density at radius 3 is 1.10 bits per heavy atom. The lowest BCUT2D eigenvalue weighted by Gasteiger charge is -2.45. The molecule has 78 heavy (non-hydrogen) atoms. The summed E-state index contributed by atoms with van der Waals surface area (Å²) in [6, 6.07) is 107. The van der Waals surface area contributed by atoms with Crippen LogP contribution in [-0.2, 0) is 5.41 Å². The van der Waals surface area contributed by atoms with Crippen molar-refractivity contribution in [2.45, 2.75) is 5.41 Å². The van der Waals surface area contributed by atoms with Gasteiger partial charge in [0.1, 0.15) is 0 Å². The zero-order chi connectivity index (χ0) is 51.1. The minimum Gasteiger partial charge on any atom is -0.311 e. The summed E-state index contributed by atoms with van der Waals surface area (Å²) in [5.74, 6) is 0. The number of fused-ring (bicyclic) bond motifs is 18. The lowest BCUT2D eigenvalue weighted by molar-refractivity contribution is 0.794. The van der Waals surface area contributed by atoms with E-state index in [2.05, 4.69) is 295 Å². The van der Waals surface area contributed by atoms with Crippen LogP contribution in [0.5, 0.6) is 0 Å². The van der Waals surface area contributed by atoms with E-state index in [9.17, 15) is 0 Å². The fourth-order valence-electron chi connectivity index (χ4n) is 14.4. The van der Waals surface area contributed by atoms with Crippen LogP contribution >= 0.6 is 0 Å². The predicted molar refractivity (Wildman–Crippen MR) is 328 cm³/mol. The molecular weight excluding hydrogens is 940 g/mol. The Hall–Kier alpha value is -9.96. The summed E-state index contributed by atoms with van der Waals surface area (Å²) < 4.78 is 0. The number of benzene rings is 13. The van der Waals surface area contributed by atoms with Gasteiger partial charge < -0.3 is 9.80 Å². The summed E-state index contributed by atoms with van der Waals surface area (Å²) in [6.07, 6.45) is 0. The van der Waals surface area contributed by atoms with Crippen molar-refractivity contribution in [3.8, 4) is 55.6 Å². The molecule has 0 unspecified atom stereocenters. The van der Waals surface area contributed by atoms with Crippen LogP contribution in [0.2, 0.25) is 0 Å². The molecular formula is C75H47BN2. The van der Waals surface area contributed by atoms with Gasteiger partial charge in [-0.3, -0.25) is 0 Å². The van der Waals surface area contributed by atoms with Crippen molar-refractivity contribution in [1.29, 1.82) is 0 Å². The normalized spacial score (nSPS) is 13.7. The molecule has 2 nitrogen and oxygen atoms in total. The van der Waals surface area contributed by atoms with E-state index in [4.69, 9.17) is 0 Å². The summed E-state index contributed by atoms with van der Waals surface area (Å²) in [4.78, 5) is 5.16. The highest BCUT2D eigenvalue weighted by Gasteiger charge is 2.52. The molecule has 0 saturated heterocycles. The Labute approximate surface area is 454 Å². The second kappa shape index (κ2) is 16.5. The molecule has 0 aromatic heterocycles. The summed E-state index contributed by atoms with van der Waals surface area (Å²) in [5, 5.41) is 5.01. The van der Waals surface area contributed by atoms with Crippen LogP contribution < -0.4 is 26.2 Å². The lowest BCUT2D eigenvalue weighted by Crippen LogP contribution is -2.61. The van der Waals surface area contributed by atoms with Gasteiger partial charge in [0, 0.05) is 34.1 Å². The van der Waals surface area contributed by atoms with E-state index in [0.717, 1.165) is 11.4 Å². The van der Waals surface area contributed by atoms with Gasteiger partial charge in [0.05, 0.1) is 5.41 Å². The largest absolute Gasteiger partial charge is 0.311 e. The third-order valence-corrected chi connectivity index (χ3v) is 17.7. The second-order valence-electron chi connectivity index (χ2n) is 21.4. The van der Waals surface area contributed by atoms with Crippen LogP contribution in [0.3, 0.4) is 0 Å². The second-order valence-corrected chi connectivity index (χ2v) is 21.4. The number of hydrogen-bond acceptors (Lipinski definition) is 2. The Morgan fingerprint density at radius 1 is 0.244 bits per heavy atom. The van der Waals surface area contributed by atoms with Gasteiger partial charge in [0.2, 0.25) is 0 Å². The fraction of sp³-hybridized carbons (Fsp3) is 0.0133. The smallest absolute Gasteiger partial charge is 0.253 e. The van der Waals surface area contributed by atoms with Gasteiger partial charge in [-0.1, -0.05) is 231 Å². The molecule has 2 heterocycles. The molecule has 360 valence electrons. The quantitative estimate of drug-likeness (QED) is 0.159. The van der Waals surface area contributed by atoms with Crippen LogP contribution in [-0.4, -0.2) is 6.71 Å². The average Bonchev–Trinajstić information content (AvgIpc) is 3.01. The highest BCUT2D eigenvalue weighted by atomic mass is 15.2. The zero-order valence-electron chi connectivity index (χ0n) is 42.6. The van der Waals surface area contributed by atoms with Gasteiger partial charge in [-0.2, -0.15) is 0 Å². The van der Waals surface area contributed by atoms with Crippen molar-refractivity contribution in [3.63, 3.8) is 0 Å². The molecule has 13 aromatic rings. The molecule has 2 aliphatic heterocycles. The van der Waals surface area contributed by atoms with E-state index in [1.165, 1.54) is 139 Å². The number of hydrogen-bond donors (Lipinski definition) is 0. The predicted octanol–water partition coefficient (Wildman–Crippen LogP) is 17.4. The lowest BCUT2D eigenvalue weighted by atomic mass is 9.32. The maximum Gasteiger partial charge on any atom is 0.253 e. The van der Waals surface area contributed by atoms with Crippen molar-refractivity contribution in [3.05, 3.63) is 307 Å². The Bertz CT molecular complexity index is 4360. The van der Waals surface area contributed by atoms with Crippen molar-refractivity contribution < 1.29 is 0 Å². The van der Waals surface area contributed by atoms with E-state index in [1.807, 2.05) is 0 Å². The third kappa shape index (κ3) is 5.99. The van der Waals surface area contributed by atoms with Crippen LogP contribution in [0.25, 0.3) is 77.2 Å². The Kier molecular flexibility index (Phi) is 9.17. The monoisotopic (exact) mass is 986 g/mol. The van der Waals surface area contributed by atoms with E-state index in [-0.39, 0.29) is 6.71 Å². The summed E-state index contributed by atoms with van der Waals surface area (Å²) in [7, 11) is 0. The first kappa shape index (κ1) is 43.3. The molecule has 1 spiro atoms. The number of anilines is 6. The minimum absolute atomic E-state index is 0.0878. The van der Waals surface area contributed by atoms with Crippen LogP contribution in [0.1, 0.15) is 22.3 Å². The van der Waals surface area contributed by atoms with Gasteiger partial charge >= 0.3 is 0 Å².